The molecule has 1 aromatic carbocycles. The standard InChI is InChI=1S/C14H17NO4/c16-11-6-2-1-5-10(11)9-12(17)15-14(13(18)19)7-3-4-8-14/h1-2,5-6,16H,3-4,7-9H2,(H,15,17)(H,18,19). The van der Waals surface area contributed by atoms with Gasteiger partial charge in [-0.15, -0.1) is 0 Å². The van der Waals surface area contributed by atoms with Crippen LogP contribution in [0.5, 0.6) is 5.75 Å². The molecular formula is C14H17NO4. The molecule has 0 atom stereocenters. The molecule has 1 aliphatic carbocycles. The van der Waals surface area contributed by atoms with Crippen molar-refractivity contribution in [2.24, 2.45) is 0 Å². The number of phenolic OH excluding ortho intramolecular Hbond substituents is 1. The quantitative estimate of drug-likeness (QED) is 0.767. The number of nitrogens with one attached hydrogen (secondary N) is 1. The first-order chi connectivity index (χ1) is 9.03. The fourth-order valence-corrected chi connectivity index (χ4v) is 2.52. The van der Waals surface area contributed by atoms with Gasteiger partial charge in [0.25, 0.3) is 0 Å². The minimum Gasteiger partial charge on any atom is -0.508 e. The van der Waals surface area contributed by atoms with E-state index in [1.807, 2.05) is 0 Å². The van der Waals surface area contributed by atoms with Gasteiger partial charge in [-0.3, -0.25) is 4.79 Å². The van der Waals surface area contributed by atoms with Crippen LogP contribution in [-0.2, 0) is 16.0 Å². The van der Waals surface area contributed by atoms with Crippen LogP contribution in [-0.4, -0.2) is 27.6 Å². The van der Waals surface area contributed by atoms with E-state index in [1.54, 1.807) is 18.2 Å². The van der Waals surface area contributed by atoms with Crippen molar-refractivity contribution in [2.45, 2.75) is 37.6 Å². The van der Waals surface area contributed by atoms with E-state index < -0.39 is 11.5 Å². The monoisotopic (exact) mass is 263 g/mol. The maximum Gasteiger partial charge on any atom is 0.329 e. The molecule has 1 fully saturated rings. The molecule has 0 heterocycles. The van der Waals surface area contributed by atoms with Gasteiger partial charge in [-0.05, 0) is 18.9 Å². The summed E-state index contributed by atoms with van der Waals surface area (Å²) in [6.07, 6.45) is 2.54. The summed E-state index contributed by atoms with van der Waals surface area (Å²) in [7, 11) is 0. The molecule has 1 amide bonds. The first kappa shape index (κ1) is 13.4. The molecule has 19 heavy (non-hydrogen) atoms. The molecule has 0 saturated heterocycles. The Labute approximate surface area is 111 Å². The van der Waals surface area contributed by atoms with E-state index in [1.165, 1.54) is 6.07 Å². The van der Waals surface area contributed by atoms with Crippen molar-refractivity contribution in [2.75, 3.05) is 0 Å². The van der Waals surface area contributed by atoms with Crippen LogP contribution < -0.4 is 5.32 Å². The molecule has 1 aromatic rings. The summed E-state index contributed by atoms with van der Waals surface area (Å²) >= 11 is 0. The Balaban J connectivity index is 2.05. The number of carboxylic acid groups (broad SMARTS) is 1. The van der Waals surface area contributed by atoms with Crippen LogP contribution >= 0.6 is 0 Å². The lowest BCUT2D eigenvalue weighted by Gasteiger charge is -2.25. The molecule has 3 N–H and O–H groups in total. The van der Waals surface area contributed by atoms with Crippen molar-refractivity contribution in [3.63, 3.8) is 0 Å². The van der Waals surface area contributed by atoms with Crippen molar-refractivity contribution in [3.8, 4) is 5.75 Å². The number of carbonyl (C=O) groups is 2. The molecule has 0 bridgehead atoms. The van der Waals surface area contributed by atoms with E-state index in [-0.39, 0.29) is 18.1 Å². The maximum atomic E-state index is 11.9. The van der Waals surface area contributed by atoms with E-state index in [0.717, 1.165) is 12.8 Å². The number of carboxylic acids is 1. The highest BCUT2D eigenvalue weighted by Gasteiger charge is 2.42. The van der Waals surface area contributed by atoms with E-state index >= 15 is 0 Å². The number of carbonyl (C=O) groups excluding carboxylic acids is 1. The van der Waals surface area contributed by atoms with Gasteiger partial charge >= 0.3 is 5.97 Å². The Kier molecular flexibility index (Phi) is 3.74. The smallest absolute Gasteiger partial charge is 0.329 e. The molecule has 0 radical (unpaired) electrons. The molecule has 1 saturated carbocycles. The average Bonchev–Trinajstić information content (AvgIpc) is 2.82. The Morgan fingerprint density at radius 1 is 1.21 bits per heavy atom. The van der Waals surface area contributed by atoms with Crippen LogP contribution in [0.15, 0.2) is 24.3 Å². The summed E-state index contributed by atoms with van der Waals surface area (Å²) in [6, 6.07) is 6.56. The average molecular weight is 263 g/mol. The molecule has 0 unspecified atom stereocenters. The number of aromatic hydroxyl groups is 1. The van der Waals surface area contributed by atoms with Crippen molar-refractivity contribution < 1.29 is 19.8 Å². The topological polar surface area (TPSA) is 86.6 Å². The highest BCUT2D eigenvalue weighted by atomic mass is 16.4. The second-order valence-corrected chi connectivity index (χ2v) is 4.95. The van der Waals surface area contributed by atoms with Crippen molar-refractivity contribution in [1.82, 2.24) is 5.32 Å². The molecule has 5 nitrogen and oxygen atoms in total. The SMILES string of the molecule is O=C(Cc1ccccc1O)NC1(C(=O)O)CCCC1. The first-order valence-electron chi connectivity index (χ1n) is 6.35. The zero-order chi connectivity index (χ0) is 13.9. The van der Waals surface area contributed by atoms with Gasteiger partial charge in [0, 0.05) is 5.56 Å². The summed E-state index contributed by atoms with van der Waals surface area (Å²) in [6.45, 7) is 0. The third-order valence-corrected chi connectivity index (χ3v) is 3.59. The zero-order valence-electron chi connectivity index (χ0n) is 10.6. The van der Waals surface area contributed by atoms with Gasteiger partial charge in [-0.1, -0.05) is 31.0 Å². The molecule has 2 rings (SSSR count). The third-order valence-electron chi connectivity index (χ3n) is 3.59. The second kappa shape index (κ2) is 5.30. The third kappa shape index (κ3) is 2.86. The molecule has 5 heteroatoms. The largest absolute Gasteiger partial charge is 0.508 e. The number of para-hydroxylation sites is 1. The minimum atomic E-state index is -1.12. The number of hydrogen-bond acceptors (Lipinski definition) is 3. The Morgan fingerprint density at radius 2 is 1.84 bits per heavy atom. The van der Waals surface area contributed by atoms with Crippen molar-refractivity contribution in [1.29, 1.82) is 0 Å². The van der Waals surface area contributed by atoms with Gasteiger partial charge < -0.3 is 15.5 Å². The maximum absolute atomic E-state index is 11.9. The number of amides is 1. The predicted molar refractivity (Wildman–Crippen MR) is 68.8 cm³/mol. The van der Waals surface area contributed by atoms with E-state index in [4.69, 9.17) is 0 Å². The molecule has 0 aliphatic heterocycles. The molecule has 0 aromatic heterocycles. The lowest BCUT2D eigenvalue weighted by molar-refractivity contribution is -0.147. The van der Waals surface area contributed by atoms with Crippen LogP contribution in [0, 0.1) is 0 Å². The lowest BCUT2D eigenvalue weighted by atomic mass is 9.97. The first-order valence-corrected chi connectivity index (χ1v) is 6.35. The van der Waals surface area contributed by atoms with Gasteiger partial charge in [0.1, 0.15) is 11.3 Å². The van der Waals surface area contributed by atoms with E-state index in [9.17, 15) is 19.8 Å². The van der Waals surface area contributed by atoms with Crippen LogP contribution in [0.25, 0.3) is 0 Å². The van der Waals surface area contributed by atoms with Gasteiger partial charge in [0.15, 0.2) is 0 Å². The van der Waals surface area contributed by atoms with Gasteiger partial charge in [0.05, 0.1) is 6.42 Å². The fourth-order valence-electron chi connectivity index (χ4n) is 2.52. The van der Waals surface area contributed by atoms with Gasteiger partial charge in [-0.25, -0.2) is 4.79 Å². The van der Waals surface area contributed by atoms with Crippen LogP contribution in [0.2, 0.25) is 0 Å². The number of hydrogen-bond donors (Lipinski definition) is 3. The van der Waals surface area contributed by atoms with Gasteiger partial charge in [-0.2, -0.15) is 0 Å². The summed E-state index contributed by atoms with van der Waals surface area (Å²) in [5.41, 5.74) is -0.625. The Bertz CT molecular complexity index is 492. The molecule has 1 aliphatic rings. The van der Waals surface area contributed by atoms with E-state index in [0.29, 0.717) is 18.4 Å². The second-order valence-electron chi connectivity index (χ2n) is 4.95. The number of phenols is 1. The van der Waals surface area contributed by atoms with Crippen LogP contribution in [0.4, 0.5) is 0 Å². The summed E-state index contributed by atoms with van der Waals surface area (Å²) in [5, 5.41) is 21.5. The summed E-state index contributed by atoms with van der Waals surface area (Å²) < 4.78 is 0. The number of rotatable bonds is 4. The number of benzene rings is 1. The van der Waals surface area contributed by atoms with Crippen molar-refractivity contribution in [3.05, 3.63) is 29.8 Å². The summed E-state index contributed by atoms with van der Waals surface area (Å²) in [4.78, 5) is 23.3. The van der Waals surface area contributed by atoms with Gasteiger partial charge in [0.2, 0.25) is 5.91 Å². The predicted octanol–water partition coefficient (Wildman–Crippen LogP) is 1.45. The lowest BCUT2D eigenvalue weighted by Crippen LogP contribution is -2.52. The van der Waals surface area contributed by atoms with Crippen molar-refractivity contribution >= 4 is 11.9 Å². The van der Waals surface area contributed by atoms with E-state index in [2.05, 4.69) is 5.32 Å². The normalized spacial score (nSPS) is 17.1. The highest BCUT2D eigenvalue weighted by Crippen LogP contribution is 2.30. The number of aliphatic carboxylic acids is 1. The summed E-state index contributed by atoms with van der Waals surface area (Å²) in [5.74, 6) is -1.30. The molecule has 102 valence electrons. The fraction of sp³-hybridized carbons (Fsp3) is 0.429. The Morgan fingerprint density at radius 3 is 2.42 bits per heavy atom. The molecular weight excluding hydrogens is 246 g/mol. The van der Waals surface area contributed by atoms with Crippen LogP contribution in [0.3, 0.4) is 0 Å². The highest BCUT2D eigenvalue weighted by molar-refractivity contribution is 5.88. The minimum absolute atomic E-state index is 0.0122. The Hall–Kier alpha value is -2.04. The molecule has 0 spiro atoms. The zero-order valence-corrected chi connectivity index (χ0v) is 10.6. The van der Waals surface area contributed by atoms with Crippen LogP contribution in [0.1, 0.15) is 31.2 Å².